The van der Waals surface area contributed by atoms with E-state index in [1.807, 2.05) is 0 Å². The molecule has 0 bridgehead atoms. The van der Waals surface area contributed by atoms with E-state index in [1.165, 1.54) is 17.1 Å². The molecule has 19 heavy (non-hydrogen) atoms. The lowest BCUT2D eigenvalue weighted by Crippen LogP contribution is -2.48. The molecule has 2 heterocycles. The molecule has 3 rings (SSSR count). The zero-order valence-electron chi connectivity index (χ0n) is 11.2. The lowest BCUT2D eigenvalue weighted by molar-refractivity contribution is 0.0542. The average molecular weight is 290 g/mol. The van der Waals surface area contributed by atoms with Crippen LogP contribution in [0.4, 0.5) is 0 Å². The second-order valence-corrected chi connectivity index (χ2v) is 7.49. The topological polar surface area (TPSA) is 59.1 Å². The molecular formula is C12H22N2O4S. The maximum absolute atomic E-state index is 12.4. The molecule has 1 saturated carbocycles. The Bertz CT molecular complexity index is 404. The summed E-state index contributed by atoms with van der Waals surface area (Å²) in [4.78, 5) is 0. The molecule has 0 aromatic rings. The van der Waals surface area contributed by atoms with Crippen molar-refractivity contribution in [3.05, 3.63) is 0 Å². The average Bonchev–Trinajstić information content (AvgIpc) is 3.13. The van der Waals surface area contributed by atoms with E-state index in [-0.39, 0.29) is 6.10 Å². The quantitative estimate of drug-likeness (QED) is 0.719. The molecule has 0 amide bonds. The summed E-state index contributed by atoms with van der Waals surface area (Å²) < 4.78 is 38.9. The van der Waals surface area contributed by atoms with Crippen LogP contribution in [-0.2, 0) is 19.7 Å². The molecule has 0 radical (unpaired) electrons. The number of morpholine rings is 1. The van der Waals surface area contributed by atoms with Crippen LogP contribution in [0.2, 0.25) is 0 Å². The van der Waals surface area contributed by atoms with Gasteiger partial charge in [0.2, 0.25) is 0 Å². The van der Waals surface area contributed by atoms with Crippen molar-refractivity contribution >= 4 is 10.2 Å². The third kappa shape index (κ3) is 3.28. The Balaban J connectivity index is 1.53. The molecule has 110 valence electrons. The van der Waals surface area contributed by atoms with Crippen LogP contribution in [0.1, 0.15) is 19.3 Å². The van der Waals surface area contributed by atoms with Gasteiger partial charge in [0, 0.05) is 32.8 Å². The van der Waals surface area contributed by atoms with Crippen LogP contribution in [0.5, 0.6) is 0 Å². The maximum atomic E-state index is 12.4. The zero-order valence-corrected chi connectivity index (χ0v) is 12.0. The summed E-state index contributed by atoms with van der Waals surface area (Å²) in [5.74, 6) is 0.727. The van der Waals surface area contributed by atoms with Gasteiger partial charge in [-0.05, 0) is 25.2 Å². The van der Waals surface area contributed by atoms with Crippen LogP contribution in [0, 0.1) is 5.92 Å². The minimum Gasteiger partial charge on any atom is -0.379 e. The molecule has 0 N–H and O–H groups in total. The summed E-state index contributed by atoms with van der Waals surface area (Å²) in [5, 5.41) is 0. The van der Waals surface area contributed by atoms with E-state index in [4.69, 9.17) is 9.47 Å². The number of ether oxygens (including phenoxy) is 2. The van der Waals surface area contributed by atoms with E-state index >= 15 is 0 Å². The lowest BCUT2D eigenvalue weighted by Gasteiger charge is -2.30. The van der Waals surface area contributed by atoms with Crippen molar-refractivity contribution in [1.82, 2.24) is 8.61 Å². The molecule has 3 aliphatic rings. The predicted octanol–water partition coefficient (Wildman–Crippen LogP) is 0.0643. The highest BCUT2D eigenvalue weighted by atomic mass is 32.2. The van der Waals surface area contributed by atoms with Crippen molar-refractivity contribution < 1.29 is 17.9 Å². The fraction of sp³-hybridized carbons (Fsp3) is 1.00. The van der Waals surface area contributed by atoms with Crippen LogP contribution in [0.15, 0.2) is 0 Å². The smallest absolute Gasteiger partial charge is 0.282 e. The summed E-state index contributed by atoms with van der Waals surface area (Å²) in [5.41, 5.74) is 0. The van der Waals surface area contributed by atoms with Crippen molar-refractivity contribution in [3.63, 3.8) is 0 Å². The summed E-state index contributed by atoms with van der Waals surface area (Å²) in [6, 6.07) is 0. The number of nitrogens with zero attached hydrogens (tertiary/aromatic N) is 2. The monoisotopic (exact) mass is 290 g/mol. The van der Waals surface area contributed by atoms with Gasteiger partial charge in [0.1, 0.15) is 0 Å². The molecule has 1 aliphatic carbocycles. The van der Waals surface area contributed by atoms with Crippen LogP contribution in [0.3, 0.4) is 0 Å². The van der Waals surface area contributed by atoms with E-state index in [1.54, 1.807) is 4.31 Å². The third-order valence-corrected chi connectivity index (χ3v) is 6.00. The zero-order chi connectivity index (χ0) is 13.3. The summed E-state index contributed by atoms with van der Waals surface area (Å²) >= 11 is 0. The van der Waals surface area contributed by atoms with E-state index in [0.717, 1.165) is 18.9 Å². The molecular weight excluding hydrogens is 268 g/mol. The molecule has 0 aromatic heterocycles. The molecule has 0 spiro atoms. The van der Waals surface area contributed by atoms with Crippen molar-refractivity contribution in [3.8, 4) is 0 Å². The Morgan fingerprint density at radius 2 is 1.79 bits per heavy atom. The molecule has 1 atom stereocenters. The van der Waals surface area contributed by atoms with Crippen molar-refractivity contribution in [2.24, 2.45) is 5.92 Å². The minimum absolute atomic E-state index is 0.0800. The van der Waals surface area contributed by atoms with Gasteiger partial charge < -0.3 is 9.47 Å². The first kappa shape index (κ1) is 13.8. The van der Waals surface area contributed by atoms with Gasteiger partial charge in [-0.3, -0.25) is 0 Å². The van der Waals surface area contributed by atoms with Gasteiger partial charge in [0.15, 0.2) is 0 Å². The third-order valence-electron chi connectivity index (χ3n) is 3.99. The van der Waals surface area contributed by atoms with Crippen LogP contribution < -0.4 is 0 Å². The number of hydrogen-bond donors (Lipinski definition) is 0. The molecule has 2 saturated heterocycles. The van der Waals surface area contributed by atoms with Gasteiger partial charge in [-0.15, -0.1) is 0 Å². The van der Waals surface area contributed by atoms with E-state index in [9.17, 15) is 8.42 Å². The van der Waals surface area contributed by atoms with Gasteiger partial charge >= 0.3 is 0 Å². The van der Waals surface area contributed by atoms with Crippen LogP contribution in [-0.4, -0.2) is 69.1 Å². The van der Waals surface area contributed by atoms with Crippen LogP contribution in [0.25, 0.3) is 0 Å². The predicted molar refractivity (Wildman–Crippen MR) is 70.0 cm³/mol. The Morgan fingerprint density at radius 3 is 2.47 bits per heavy atom. The van der Waals surface area contributed by atoms with Crippen molar-refractivity contribution in [2.45, 2.75) is 25.4 Å². The summed E-state index contributed by atoms with van der Waals surface area (Å²) in [7, 11) is -3.31. The second-order valence-electron chi connectivity index (χ2n) is 5.56. The Morgan fingerprint density at radius 1 is 1.05 bits per heavy atom. The summed E-state index contributed by atoms with van der Waals surface area (Å²) in [6.45, 7) is 3.81. The Hall–Kier alpha value is -0.210. The molecule has 3 fully saturated rings. The van der Waals surface area contributed by atoms with Gasteiger partial charge in [-0.25, -0.2) is 0 Å². The van der Waals surface area contributed by atoms with Crippen molar-refractivity contribution in [1.29, 1.82) is 0 Å². The van der Waals surface area contributed by atoms with Gasteiger partial charge in [-0.2, -0.15) is 17.0 Å². The van der Waals surface area contributed by atoms with Crippen LogP contribution >= 0.6 is 0 Å². The highest BCUT2D eigenvalue weighted by Crippen LogP contribution is 2.30. The van der Waals surface area contributed by atoms with Gasteiger partial charge in [-0.1, -0.05) is 0 Å². The lowest BCUT2D eigenvalue weighted by atomic mass is 10.3. The molecule has 6 nitrogen and oxygen atoms in total. The molecule has 2 aliphatic heterocycles. The first-order valence-electron chi connectivity index (χ1n) is 7.11. The number of hydrogen-bond acceptors (Lipinski definition) is 4. The fourth-order valence-corrected chi connectivity index (χ4v) is 4.17. The SMILES string of the molecule is O=S(=O)(N1CCOCC1)N1CCC(OCC2CC2)C1. The molecule has 0 aromatic carbocycles. The summed E-state index contributed by atoms with van der Waals surface area (Å²) in [6.07, 6.45) is 3.43. The maximum Gasteiger partial charge on any atom is 0.282 e. The number of rotatable bonds is 5. The Kier molecular flexibility index (Phi) is 4.09. The fourth-order valence-electron chi connectivity index (χ4n) is 2.54. The molecule has 7 heteroatoms. The van der Waals surface area contributed by atoms with Gasteiger partial charge in [0.05, 0.1) is 19.3 Å². The van der Waals surface area contributed by atoms with E-state index < -0.39 is 10.2 Å². The molecule has 1 unspecified atom stereocenters. The van der Waals surface area contributed by atoms with Crippen molar-refractivity contribution in [2.75, 3.05) is 46.0 Å². The normalized spacial score (nSPS) is 30.8. The minimum atomic E-state index is -3.31. The van der Waals surface area contributed by atoms with E-state index in [2.05, 4.69) is 0 Å². The highest BCUT2D eigenvalue weighted by Gasteiger charge is 2.37. The largest absolute Gasteiger partial charge is 0.379 e. The standard InChI is InChI=1S/C12H22N2O4S/c15-19(16,13-5-7-17-8-6-13)14-4-3-12(9-14)18-10-11-1-2-11/h11-12H,1-10H2. The first-order valence-corrected chi connectivity index (χ1v) is 8.50. The Labute approximate surface area is 114 Å². The first-order chi connectivity index (χ1) is 9.16. The highest BCUT2D eigenvalue weighted by molar-refractivity contribution is 7.86. The van der Waals surface area contributed by atoms with E-state index in [0.29, 0.717) is 39.4 Å². The second kappa shape index (κ2) is 5.65. The van der Waals surface area contributed by atoms with Gasteiger partial charge in [0.25, 0.3) is 10.2 Å².